The van der Waals surface area contributed by atoms with Gasteiger partial charge in [0.15, 0.2) is 11.7 Å². The number of carbonyl (C=O) groups is 1. The third-order valence-electron chi connectivity index (χ3n) is 4.13. The second kappa shape index (κ2) is 7.62. The highest BCUT2D eigenvalue weighted by Gasteiger charge is 2.25. The second-order valence-electron chi connectivity index (χ2n) is 5.79. The lowest BCUT2D eigenvalue weighted by molar-refractivity contribution is -0.118. The highest BCUT2D eigenvalue weighted by Crippen LogP contribution is 2.21. The van der Waals surface area contributed by atoms with Gasteiger partial charge >= 0.3 is 0 Å². The highest BCUT2D eigenvalue weighted by molar-refractivity contribution is 5.92. The van der Waals surface area contributed by atoms with E-state index in [4.69, 9.17) is 4.74 Å². The number of Topliss-reactive ketones (excluding diaryl/α,β-unsaturated/α-hetero) is 1. The standard InChI is InChI=1S/C20H18N4O2/c1-24-18-6-4-3-5-17(18)23-20(24)16(11-21)19(25)13-22-12-14-7-9-15(26-2)10-8-14/h3-10,12,16H,13H2,1-2H3. The molecule has 0 aliphatic rings. The SMILES string of the molecule is COc1ccc(C=NCC(=O)C(C#N)c2nc3ccccc3n2C)cc1. The first-order valence-electron chi connectivity index (χ1n) is 8.11. The van der Waals surface area contributed by atoms with Crippen molar-refractivity contribution in [1.82, 2.24) is 9.55 Å². The van der Waals surface area contributed by atoms with Crippen molar-refractivity contribution >= 4 is 23.0 Å². The molecule has 1 unspecified atom stereocenters. The van der Waals surface area contributed by atoms with Crippen LogP contribution in [0.15, 0.2) is 53.5 Å². The fourth-order valence-corrected chi connectivity index (χ4v) is 2.72. The molecule has 6 heteroatoms. The number of hydrogen-bond donors (Lipinski definition) is 0. The molecule has 0 N–H and O–H groups in total. The minimum atomic E-state index is -0.944. The summed E-state index contributed by atoms with van der Waals surface area (Å²) in [7, 11) is 3.41. The Balaban J connectivity index is 1.75. The van der Waals surface area contributed by atoms with E-state index in [0.717, 1.165) is 22.3 Å². The fourth-order valence-electron chi connectivity index (χ4n) is 2.72. The van der Waals surface area contributed by atoms with E-state index in [1.165, 1.54) is 0 Å². The van der Waals surface area contributed by atoms with Crippen LogP contribution in [0.5, 0.6) is 5.75 Å². The van der Waals surface area contributed by atoms with E-state index in [1.807, 2.05) is 55.6 Å². The number of aryl methyl sites for hydroxylation is 1. The van der Waals surface area contributed by atoms with Gasteiger partial charge in [0.2, 0.25) is 0 Å². The number of para-hydroxylation sites is 2. The lowest BCUT2D eigenvalue weighted by Crippen LogP contribution is -2.17. The summed E-state index contributed by atoms with van der Waals surface area (Å²) < 4.78 is 6.89. The van der Waals surface area contributed by atoms with Crippen LogP contribution >= 0.6 is 0 Å². The molecular weight excluding hydrogens is 328 g/mol. The van der Waals surface area contributed by atoms with Crippen molar-refractivity contribution < 1.29 is 9.53 Å². The van der Waals surface area contributed by atoms with E-state index in [9.17, 15) is 10.1 Å². The van der Waals surface area contributed by atoms with Gasteiger partial charge in [-0.05, 0) is 42.0 Å². The highest BCUT2D eigenvalue weighted by atomic mass is 16.5. The summed E-state index contributed by atoms with van der Waals surface area (Å²) in [4.78, 5) is 21.1. The van der Waals surface area contributed by atoms with Crippen LogP contribution in [-0.2, 0) is 11.8 Å². The smallest absolute Gasteiger partial charge is 0.178 e. The summed E-state index contributed by atoms with van der Waals surface area (Å²) in [5, 5.41) is 9.48. The van der Waals surface area contributed by atoms with Crippen LogP contribution in [0.2, 0.25) is 0 Å². The minimum absolute atomic E-state index is 0.0759. The molecule has 26 heavy (non-hydrogen) atoms. The summed E-state index contributed by atoms with van der Waals surface area (Å²) in [6.07, 6.45) is 1.61. The molecule has 1 heterocycles. The van der Waals surface area contributed by atoms with E-state index in [0.29, 0.717) is 5.82 Å². The minimum Gasteiger partial charge on any atom is -0.497 e. The van der Waals surface area contributed by atoms with E-state index in [2.05, 4.69) is 16.0 Å². The number of benzene rings is 2. The lowest BCUT2D eigenvalue weighted by Gasteiger charge is -2.07. The number of hydrogen-bond acceptors (Lipinski definition) is 5. The first kappa shape index (κ1) is 17.4. The Kier molecular flexibility index (Phi) is 5.09. The molecule has 0 saturated heterocycles. The molecule has 0 radical (unpaired) electrons. The van der Waals surface area contributed by atoms with Crippen LogP contribution in [0, 0.1) is 11.3 Å². The third kappa shape index (κ3) is 3.47. The monoisotopic (exact) mass is 346 g/mol. The number of aromatic nitrogens is 2. The third-order valence-corrected chi connectivity index (χ3v) is 4.13. The van der Waals surface area contributed by atoms with E-state index in [-0.39, 0.29) is 12.3 Å². The number of methoxy groups -OCH3 is 1. The van der Waals surface area contributed by atoms with Gasteiger partial charge in [-0.15, -0.1) is 0 Å². The maximum atomic E-state index is 12.5. The molecule has 1 aromatic heterocycles. The molecule has 0 fully saturated rings. The summed E-state index contributed by atoms with van der Waals surface area (Å²) in [5.74, 6) is -0.0287. The zero-order chi connectivity index (χ0) is 18.5. The molecule has 6 nitrogen and oxygen atoms in total. The average molecular weight is 346 g/mol. The fraction of sp³-hybridized carbons (Fsp3) is 0.200. The number of carbonyl (C=O) groups excluding carboxylic acids is 1. The van der Waals surface area contributed by atoms with Crippen LogP contribution < -0.4 is 4.74 Å². The Morgan fingerprint density at radius 1 is 1.31 bits per heavy atom. The predicted octanol–water partition coefficient (Wildman–Crippen LogP) is 2.88. The topological polar surface area (TPSA) is 80.3 Å². The van der Waals surface area contributed by atoms with Crippen LogP contribution in [-0.4, -0.2) is 35.2 Å². The van der Waals surface area contributed by atoms with Gasteiger partial charge in [0.05, 0.1) is 30.8 Å². The van der Waals surface area contributed by atoms with Crippen LogP contribution in [0.25, 0.3) is 11.0 Å². The van der Waals surface area contributed by atoms with Gasteiger partial charge < -0.3 is 9.30 Å². The second-order valence-corrected chi connectivity index (χ2v) is 5.79. The van der Waals surface area contributed by atoms with Crippen molar-refractivity contribution in [1.29, 1.82) is 5.26 Å². The summed E-state index contributed by atoms with van der Waals surface area (Å²) in [5.41, 5.74) is 2.51. The molecule has 0 aliphatic heterocycles. The molecule has 2 aromatic carbocycles. The summed E-state index contributed by atoms with van der Waals surface area (Å²) in [6.45, 7) is -0.0759. The van der Waals surface area contributed by atoms with Crippen LogP contribution in [0.1, 0.15) is 17.3 Å². The van der Waals surface area contributed by atoms with E-state index >= 15 is 0 Å². The molecule has 0 amide bonds. The van der Waals surface area contributed by atoms with Crippen LogP contribution in [0.4, 0.5) is 0 Å². The quantitative estimate of drug-likeness (QED) is 0.643. The Labute approximate surface area is 151 Å². The molecule has 0 spiro atoms. The molecule has 3 aromatic rings. The lowest BCUT2D eigenvalue weighted by atomic mass is 10.1. The first-order chi connectivity index (χ1) is 12.6. The number of nitrogens with zero attached hydrogens (tertiary/aromatic N) is 4. The molecule has 0 saturated carbocycles. The van der Waals surface area contributed by atoms with Gasteiger partial charge in [-0.2, -0.15) is 5.26 Å². The van der Waals surface area contributed by atoms with Crippen LogP contribution in [0.3, 0.4) is 0 Å². The summed E-state index contributed by atoms with van der Waals surface area (Å²) in [6, 6.07) is 16.9. The number of rotatable bonds is 6. The van der Waals surface area contributed by atoms with Crippen molar-refractivity contribution in [3.63, 3.8) is 0 Å². The maximum Gasteiger partial charge on any atom is 0.178 e. The molecule has 3 rings (SSSR count). The maximum absolute atomic E-state index is 12.5. The number of ketones is 1. The zero-order valence-electron chi connectivity index (χ0n) is 14.6. The van der Waals surface area contributed by atoms with Gasteiger partial charge in [-0.1, -0.05) is 12.1 Å². The Morgan fingerprint density at radius 2 is 2.04 bits per heavy atom. The largest absolute Gasteiger partial charge is 0.497 e. The normalized spacial score (nSPS) is 12.2. The van der Waals surface area contributed by atoms with Crippen molar-refractivity contribution in [3.05, 3.63) is 59.9 Å². The molecule has 0 aliphatic carbocycles. The number of aliphatic imine (C=N–C) groups is 1. The molecule has 130 valence electrons. The molecular formula is C20H18N4O2. The Hall–Kier alpha value is -3.46. The molecule has 1 atom stereocenters. The number of ether oxygens (including phenoxy) is 1. The van der Waals surface area contributed by atoms with Crippen molar-refractivity contribution in [2.75, 3.05) is 13.7 Å². The van der Waals surface area contributed by atoms with Crippen molar-refractivity contribution in [2.45, 2.75) is 5.92 Å². The summed E-state index contributed by atoms with van der Waals surface area (Å²) >= 11 is 0. The van der Waals surface area contributed by atoms with Gasteiger partial charge in [0, 0.05) is 13.3 Å². The zero-order valence-corrected chi connectivity index (χ0v) is 14.6. The van der Waals surface area contributed by atoms with E-state index < -0.39 is 5.92 Å². The predicted molar refractivity (Wildman–Crippen MR) is 99.5 cm³/mol. The van der Waals surface area contributed by atoms with Crippen molar-refractivity contribution in [3.8, 4) is 11.8 Å². The Bertz CT molecular complexity index is 997. The number of imidazole rings is 1. The van der Waals surface area contributed by atoms with Gasteiger partial charge in [0.25, 0.3) is 0 Å². The average Bonchev–Trinajstić information content (AvgIpc) is 3.00. The number of nitriles is 1. The van der Waals surface area contributed by atoms with Gasteiger partial charge in [-0.25, -0.2) is 4.98 Å². The number of fused-ring (bicyclic) bond motifs is 1. The first-order valence-corrected chi connectivity index (χ1v) is 8.11. The van der Waals surface area contributed by atoms with Crippen molar-refractivity contribution in [2.24, 2.45) is 12.0 Å². The molecule has 0 bridgehead atoms. The van der Waals surface area contributed by atoms with Gasteiger partial charge in [-0.3, -0.25) is 9.79 Å². The Morgan fingerprint density at radius 3 is 2.69 bits per heavy atom. The van der Waals surface area contributed by atoms with Gasteiger partial charge in [0.1, 0.15) is 11.6 Å². The van der Waals surface area contributed by atoms with E-state index in [1.54, 1.807) is 17.9 Å².